The van der Waals surface area contributed by atoms with E-state index in [0.717, 1.165) is 40.9 Å². The van der Waals surface area contributed by atoms with Crippen LogP contribution in [0.15, 0.2) is 78.9 Å². The number of imide groups is 1. The summed E-state index contributed by atoms with van der Waals surface area (Å²) >= 11 is 0. The SMILES string of the molecule is CC1(c2ccc3c(c2)CCC3)NC(=O)N(CC(=O)NC(Cc2ccccc2)c2ccccc2)C1=O. The molecule has 2 atom stereocenters. The Bertz CT molecular complexity index is 1260. The van der Waals surface area contributed by atoms with Crippen LogP contribution in [0.5, 0.6) is 0 Å². The zero-order valence-electron chi connectivity index (χ0n) is 19.8. The fourth-order valence-corrected chi connectivity index (χ4v) is 5.09. The third kappa shape index (κ3) is 4.56. The summed E-state index contributed by atoms with van der Waals surface area (Å²) in [5.74, 6) is -0.786. The number of urea groups is 1. The summed E-state index contributed by atoms with van der Waals surface area (Å²) in [6.45, 7) is 1.38. The Balaban J connectivity index is 1.32. The van der Waals surface area contributed by atoms with Crippen LogP contribution in [0.4, 0.5) is 4.79 Å². The Morgan fingerprint density at radius 2 is 1.66 bits per heavy atom. The third-order valence-electron chi connectivity index (χ3n) is 7.07. The van der Waals surface area contributed by atoms with Crippen LogP contribution in [-0.2, 0) is 34.4 Å². The standard InChI is InChI=1S/C29H29N3O3/c1-29(24-16-15-21-13-8-14-23(21)18-24)27(34)32(28(35)31-29)19-26(33)30-25(22-11-6-3-7-12-22)17-20-9-4-2-5-10-20/h2-7,9-12,15-16,18,25H,8,13-14,17,19H2,1H3,(H,30,33)(H,31,35). The summed E-state index contributed by atoms with van der Waals surface area (Å²) in [5.41, 5.74) is 4.15. The van der Waals surface area contributed by atoms with Gasteiger partial charge >= 0.3 is 6.03 Å². The first-order valence-corrected chi connectivity index (χ1v) is 12.1. The number of aryl methyl sites for hydroxylation is 2. The minimum atomic E-state index is -1.18. The van der Waals surface area contributed by atoms with Crippen molar-refractivity contribution in [2.75, 3.05) is 6.54 Å². The summed E-state index contributed by atoms with van der Waals surface area (Å²) in [6, 6.07) is 24.8. The third-order valence-corrected chi connectivity index (χ3v) is 7.07. The molecule has 1 heterocycles. The van der Waals surface area contributed by atoms with E-state index in [4.69, 9.17) is 0 Å². The normalized spacial score (nSPS) is 19.9. The molecule has 0 radical (unpaired) electrons. The van der Waals surface area contributed by atoms with Gasteiger partial charge in [-0.05, 0) is 60.4 Å². The molecule has 3 aromatic carbocycles. The van der Waals surface area contributed by atoms with Crippen molar-refractivity contribution in [2.24, 2.45) is 0 Å². The summed E-state index contributed by atoms with van der Waals surface area (Å²) in [7, 11) is 0. The van der Waals surface area contributed by atoms with E-state index in [1.807, 2.05) is 78.9 Å². The molecule has 1 fully saturated rings. The minimum Gasteiger partial charge on any atom is -0.347 e. The molecule has 5 rings (SSSR count). The topological polar surface area (TPSA) is 78.5 Å². The zero-order valence-corrected chi connectivity index (χ0v) is 19.8. The summed E-state index contributed by atoms with van der Waals surface area (Å²) in [4.78, 5) is 40.3. The predicted octanol–water partition coefficient (Wildman–Crippen LogP) is 4.04. The van der Waals surface area contributed by atoms with Crippen LogP contribution in [0.25, 0.3) is 0 Å². The molecule has 6 heteroatoms. The van der Waals surface area contributed by atoms with Crippen LogP contribution in [0.1, 0.15) is 47.2 Å². The molecule has 35 heavy (non-hydrogen) atoms. The van der Waals surface area contributed by atoms with E-state index in [1.54, 1.807) is 6.92 Å². The maximum Gasteiger partial charge on any atom is 0.325 e. The van der Waals surface area contributed by atoms with E-state index >= 15 is 0 Å². The average molecular weight is 468 g/mol. The second kappa shape index (κ2) is 9.37. The highest BCUT2D eigenvalue weighted by molar-refractivity contribution is 6.09. The van der Waals surface area contributed by atoms with Gasteiger partial charge in [-0.25, -0.2) is 4.79 Å². The summed E-state index contributed by atoms with van der Waals surface area (Å²) < 4.78 is 0. The van der Waals surface area contributed by atoms with Gasteiger partial charge in [-0.15, -0.1) is 0 Å². The van der Waals surface area contributed by atoms with Gasteiger partial charge in [0.1, 0.15) is 12.1 Å². The Morgan fingerprint density at radius 1 is 0.971 bits per heavy atom. The first kappa shape index (κ1) is 22.8. The maximum atomic E-state index is 13.4. The van der Waals surface area contributed by atoms with Crippen molar-refractivity contribution in [2.45, 2.75) is 44.2 Å². The van der Waals surface area contributed by atoms with Crippen molar-refractivity contribution < 1.29 is 14.4 Å². The van der Waals surface area contributed by atoms with E-state index < -0.39 is 17.5 Å². The first-order chi connectivity index (χ1) is 16.9. The lowest BCUT2D eigenvalue weighted by Gasteiger charge is -2.24. The lowest BCUT2D eigenvalue weighted by atomic mass is 9.89. The molecule has 178 valence electrons. The number of hydrogen-bond donors (Lipinski definition) is 2. The second-order valence-corrected chi connectivity index (χ2v) is 9.50. The number of nitrogens with zero attached hydrogens (tertiary/aromatic N) is 1. The number of benzene rings is 3. The Kier molecular flexibility index (Phi) is 6.12. The van der Waals surface area contributed by atoms with Gasteiger partial charge in [0.05, 0.1) is 6.04 Å². The number of carbonyl (C=O) groups is 3. The largest absolute Gasteiger partial charge is 0.347 e. The highest BCUT2D eigenvalue weighted by Gasteiger charge is 2.49. The molecular formula is C29H29N3O3. The second-order valence-electron chi connectivity index (χ2n) is 9.50. The summed E-state index contributed by atoms with van der Waals surface area (Å²) in [5, 5.41) is 5.86. The van der Waals surface area contributed by atoms with Crippen LogP contribution >= 0.6 is 0 Å². The van der Waals surface area contributed by atoms with Gasteiger partial charge in [0.25, 0.3) is 5.91 Å². The molecule has 0 bridgehead atoms. The smallest absolute Gasteiger partial charge is 0.325 e. The van der Waals surface area contributed by atoms with Gasteiger partial charge in [0.15, 0.2) is 0 Å². The van der Waals surface area contributed by atoms with Crippen molar-refractivity contribution in [3.63, 3.8) is 0 Å². The van der Waals surface area contributed by atoms with Gasteiger partial charge in [-0.1, -0.05) is 78.9 Å². The van der Waals surface area contributed by atoms with Crippen molar-refractivity contribution in [1.82, 2.24) is 15.5 Å². The minimum absolute atomic E-state index is 0.282. The highest BCUT2D eigenvalue weighted by Crippen LogP contribution is 2.32. The van der Waals surface area contributed by atoms with E-state index in [0.29, 0.717) is 6.42 Å². The van der Waals surface area contributed by atoms with E-state index in [9.17, 15) is 14.4 Å². The van der Waals surface area contributed by atoms with Crippen molar-refractivity contribution >= 4 is 17.8 Å². The molecule has 6 nitrogen and oxygen atoms in total. The number of nitrogens with one attached hydrogen (secondary N) is 2. The molecular weight excluding hydrogens is 438 g/mol. The van der Waals surface area contributed by atoms with Crippen LogP contribution in [0.2, 0.25) is 0 Å². The van der Waals surface area contributed by atoms with Gasteiger partial charge in [-0.2, -0.15) is 0 Å². The molecule has 0 saturated carbocycles. The number of hydrogen-bond acceptors (Lipinski definition) is 3. The van der Waals surface area contributed by atoms with Crippen molar-refractivity contribution in [3.8, 4) is 0 Å². The van der Waals surface area contributed by atoms with Crippen LogP contribution in [-0.4, -0.2) is 29.3 Å². The molecule has 1 aliphatic carbocycles. The number of fused-ring (bicyclic) bond motifs is 1. The van der Waals surface area contributed by atoms with Crippen LogP contribution < -0.4 is 10.6 Å². The molecule has 2 unspecified atom stereocenters. The molecule has 4 amide bonds. The number of rotatable bonds is 7. The van der Waals surface area contributed by atoms with E-state index in [2.05, 4.69) is 10.6 Å². The number of amides is 4. The van der Waals surface area contributed by atoms with Crippen molar-refractivity contribution in [1.29, 1.82) is 0 Å². The average Bonchev–Trinajstić information content (AvgIpc) is 3.43. The van der Waals surface area contributed by atoms with Crippen LogP contribution in [0, 0.1) is 0 Å². The Hall–Kier alpha value is -3.93. The fraction of sp³-hybridized carbons (Fsp3) is 0.276. The lowest BCUT2D eigenvalue weighted by Crippen LogP contribution is -2.44. The molecule has 0 spiro atoms. The van der Waals surface area contributed by atoms with E-state index in [-0.39, 0.29) is 18.5 Å². The molecule has 2 N–H and O–H groups in total. The van der Waals surface area contributed by atoms with Gasteiger partial charge in [-0.3, -0.25) is 14.5 Å². The van der Waals surface area contributed by atoms with Gasteiger partial charge in [0, 0.05) is 0 Å². The quantitative estimate of drug-likeness (QED) is 0.515. The maximum absolute atomic E-state index is 13.4. The Labute approximate surface area is 205 Å². The van der Waals surface area contributed by atoms with Gasteiger partial charge in [0.2, 0.25) is 5.91 Å². The van der Waals surface area contributed by atoms with Gasteiger partial charge < -0.3 is 10.6 Å². The monoisotopic (exact) mass is 467 g/mol. The lowest BCUT2D eigenvalue weighted by molar-refractivity contribution is -0.135. The van der Waals surface area contributed by atoms with E-state index in [1.165, 1.54) is 11.1 Å². The first-order valence-electron chi connectivity index (χ1n) is 12.1. The highest BCUT2D eigenvalue weighted by atomic mass is 16.2. The Morgan fingerprint density at radius 3 is 2.40 bits per heavy atom. The predicted molar refractivity (Wildman–Crippen MR) is 134 cm³/mol. The molecule has 1 aliphatic heterocycles. The molecule has 1 saturated heterocycles. The molecule has 2 aliphatic rings. The summed E-state index contributed by atoms with van der Waals surface area (Å²) in [6.07, 6.45) is 3.73. The number of carbonyl (C=O) groups excluding carboxylic acids is 3. The fourth-order valence-electron chi connectivity index (χ4n) is 5.09. The van der Waals surface area contributed by atoms with Crippen LogP contribution in [0.3, 0.4) is 0 Å². The zero-order chi connectivity index (χ0) is 24.4. The molecule has 3 aromatic rings. The van der Waals surface area contributed by atoms with Crippen molar-refractivity contribution in [3.05, 3.63) is 107 Å². The molecule has 0 aromatic heterocycles.